The summed E-state index contributed by atoms with van der Waals surface area (Å²) >= 11 is 0. The number of nitrogens with one attached hydrogen (secondary N) is 2. The fourth-order valence-electron chi connectivity index (χ4n) is 2.64. The summed E-state index contributed by atoms with van der Waals surface area (Å²) in [5, 5.41) is 27.9. The first-order valence-electron chi connectivity index (χ1n) is 7.83. The number of azo groups is 1. The second kappa shape index (κ2) is 6.53. The maximum atomic E-state index is 12.2. The van der Waals surface area contributed by atoms with Crippen LogP contribution in [0, 0.1) is 11.3 Å². The van der Waals surface area contributed by atoms with E-state index in [9.17, 15) is 15.2 Å². The van der Waals surface area contributed by atoms with E-state index in [0.29, 0.717) is 16.5 Å². The van der Waals surface area contributed by atoms with Gasteiger partial charge in [0.25, 0.3) is 5.56 Å². The summed E-state index contributed by atoms with van der Waals surface area (Å²) < 4.78 is 0. The van der Waals surface area contributed by atoms with Crippen LogP contribution < -0.4 is 5.56 Å². The number of hydrogen-bond acceptors (Lipinski definition) is 7. The fourth-order valence-corrected chi connectivity index (χ4v) is 2.64. The third kappa shape index (κ3) is 2.91. The minimum Gasteiger partial charge on any atom is -0.493 e. The number of rotatable bonds is 3. The summed E-state index contributed by atoms with van der Waals surface area (Å²) in [4.78, 5) is 25.6. The molecule has 0 amide bonds. The molecule has 3 N–H and O–H groups in total. The SMILES string of the molecule is N#Cc1c(-c2cccnc2)nc(N=Nc2c(O)[nH]c3ccccc23)[nH]c1=O. The van der Waals surface area contributed by atoms with Gasteiger partial charge in [0.15, 0.2) is 5.69 Å². The number of nitrogens with zero attached hydrogens (tertiary/aromatic N) is 5. The molecule has 0 aliphatic carbocycles. The smallest absolute Gasteiger partial charge is 0.270 e. The number of H-pyrrole nitrogens is 2. The highest BCUT2D eigenvalue weighted by Crippen LogP contribution is 2.35. The predicted octanol–water partition coefficient (Wildman–Crippen LogP) is 3.31. The molecule has 0 saturated heterocycles. The Balaban J connectivity index is 1.82. The molecule has 0 bridgehead atoms. The van der Waals surface area contributed by atoms with Crippen molar-refractivity contribution in [3.05, 3.63) is 64.7 Å². The van der Waals surface area contributed by atoms with Crippen LogP contribution in [0.1, 0.15) is 5.56 Å². The predicted molar refractivity (Wildman–Crippen MR) is 96.9 cm³/mol. The topological polar surface area (TPSA) is 143 Å². The Bertz CT molecular complexity index is 1270. The standard InChI is InChI=1S/C18H11N7O2/c19-8-12-14(10-4-3-7-20-9-10)22-18(23-16(12)26)25-24-15-11-5-1-2-6-13(11)21-17(15)27/h1-7,9,21,27H,(H,22,23,26). The molecule has 27 heavy (non-hydrogen) atoms. The molecular formula is C18H11N7O2. The van der Waals surface area contributed by atoms with Crippen LogP contribution in [0.25, 0.3) is 22.2 Å². The van der Waals surface area contributed by atoms with Crippen LogP contribution in [0.15, 0.2) is 63.8 Å². The largest absolute Gasteiger partial charge is 0.493 e. The maximum absolute atomic E-state index is 12.2. The molecule has 0 aliphatic rings. The Morgan fingerprint density at radius 3 is 2.74 bits per heavy atom. The van der Waals surface area contributed by atoms with Gasteiger partial charge in [-0.15, -0.1) is 10.2 Å². The van der Waals surface area contributed by atoms with E-state index in [0.717, 1.165) is 0 Å². The van der Waals surface area contributed by atoms with Gasteiger partial charge in [0.05, 0.1) is 11.2 Å². The van der Waals surface area contributed by atoms with Crippen LogP contribution in [0.4, 0.5) is 11.6 Å². The lowest BCUT2D eigenvalue weighted by Crippen LogP contribution is -2.13. The molecule has 0 saturated carbocycles. The molecule has 0 aliphatic heterocycles. The van der Waals surface area contributed by atoms with Gasteiger partial charge in [-0.2, -0.15) is 5.26 Å². The van der Waals surface area contributed by atoms with Crippen molar-refractivity contribution < 1.29 is 5.11 Å². The third-order valence-corrected chi connectivity index (χ3v) is 3.86. The van der Waals surface area contributed by atoms with Crippen molar-refractivity contribution >= 4 is 22.5 Å². The van der Waals surface area contributed by atoms with Gasteiger partial charge < -0.3 is 10.1 Å². The first-order valence-corrected chi connectivity index (χ1v) is 7.83. The molecule has 0 spiro atoms. The Morgan fingerprint density at radius 2 is 1.96 bits per heavy atom. The quantitative estimate of drug-likeness (QED) is 0.482. The summed E-state index contributed by atoms with van der Waals surface area (Å²) in [6, 6.07) is 12.4. The molecule has 3 aromatic heterocycles. The Kier molecular flexibility index (Phi) is 3.91. The number of aromatic amines is 2. The summed E-state index contributed by atoms with van der Waals surface area (Å²) in [6.45, 7) is 0. The zero-order chi connectivity index (χ0) is 18.8. The molecule has 9 nitrogen and oxygen atoms in total. The number of aromatic hydroxyl groups is 1. The first-order chi connectivity index (χ1) is 13.2. The van der Waals surface area contributed by atoms with Gasteiger partial charge in [-0.05, 0) is 18.2 Å². The van der Waals surface area contributed by atoms with Crippen molar-refractivity contribution in [2.45, 2.75) is 0 Å². The van der Waals surface area contributed by atoms with Crippen molar-refractivity contribution in [3.8, 4) is 23.2 Å². The lowest BCUT2D eigenvalue weighted by atomic mass is 10.1. The molecule has 3 heterocycles. The van der Waals surface area contributed by atoms with Crippen LogP contribution in [0.3, 0.4) is 0 Å². The number of para-hydroxylation sites is 1. The molecule has 0 fully saturated rings. The number of hydrogen-bond donors (Lipinski definition) is 3. The van der Waals surface area contributed by atoms with Gasteiger partial charge in [0.1, 0.15) is 11.6 Å². The van der Waals surface area contributed by atoms with Crippen molar-refractivity contribution in [3.63, 3.8) is 0 Å². The van der Waals surface area contributed by atoms with Crippen molar-refractivity contribution in [1.82, 2.24) is 19.9 Å². The highest BCUT2D eigenvalue weighted by atomic mass is 16.3. The van der Waals surface area contributed by atoms with Crippen LogP contribution in [-0.4, -0.2) is 25.0 Å². The molecule has 1 aromatic carbocycles. The van der Waals surface area contributed by atoms with E-state index < -0.39 is 5.56 Å². The van der Waals surface area contributed by atoms with Gasteiger partial charge in [-0.1, -0.05) is 18.2 Å². The highest BCUT2D eigenvalue weighted by molar-refractivity contribution is 5.94. The molecule has 0 radical (unpaired) electrons. The zero-order valence-electron chi connectivity index (χ0n) is 13.7. The molecule has 0 unspecified atom stereocenters. The van der Waals surface area contributed by atoms with Gasteiger partial charge in [0, 0.05) is 23.3 Å². The van der Waals surface area contributed by atoms with Gasteiger partial charge >= 0.3 is 0 Å². The number of nitriles is 1. The Labute approximate surface area is 151 Å². The molecule has 4 rings (SSSR count). The fraction of sp³-hybridized carbons (Fsp3) is 0. The van der Waals surface area contributed by atoms with E-state index in [4.69, 9.17) is 0 Å². The van der Waals surface area contributed by atoms with Crippen LogP contribution in [0.2, 0.25) is 0 Å². The maximum Gasteiger partial charge on any atom is 0.270 e. The zero-order valence-corrected chi connectivity index (χ0v) is 13.7. The van der Waals surface area contributed by atoms with E-state index in [1.165, 1.54) is 6.20 Å². The Hall–Kier alpha value is -4.32. The molecular weight excluding hydrogens is 346 g/mol. The summed E-state index contributed by atoms with van der Waals surface area (Å²) in [5.74, 6) is -0.244. The average Bonchev–Trinajstić information content (AvgIpc) is 3.01. The van der Waals surface area contributed by atoms with Crippen molar-refractivity contribution in [2.75, 3.05) is 0 Å². The lowest BCUT2D eigenvalue weighted by Gasteiger charge is -2.02. The molecule has 0 atom stereocenters. The lowest BCUT2D eigenvalue weighted by molar-refractivity contribution is 0.459. The minimum absolute atomic E-state index is 0.0949. The van der Waals surface area contributed by atoms with E-state index in [1.807, 2.05) is 12.1 Å². The summed E-state index contributed by atoms with van der Waals surface area (Å²) in [7, 11) is 0. The number of pyridine rings is 1. The first kappa shape index (κ1) is 16.2. The number of aromatic nitrogens is 4. The second-order valence-electron chi connectivity index (χ2n) is 5.53. The van der Waals surface area contributed by atoms with Crippen LogP contribution in [-0.2, 0) is 0 Å². The molecule has 130 valence electrons. The molecule has 4 aromatic rings. The summed E-state index contributed by atoms with van der Waals surface area (Å²) in [5.41, 5.74) is 0.806. The third-order valence-electron chi connectivity index (χ3n) is 3.86. The second-order valence-corrected chi connectivity index (χ2v) is 5.53. The normalized spacial score (nSPS) is 11.1. The van der Waals surface area contributed by atoms with Gasteiger partial charge in [-0.3, -0.25) is 14.8 Å². The van der Waals surface area contributed by atoms with E-state index in [-0.39, 0.29) is 28.8 Å². The van der Waals surface area contributed by atoms with Crippen molar-refractivity contribution in [1.29, 1.82) is 5.26 Å². The van der Waals surface area contributed by atoms with E-state index in [1.54, 1.807) is 36.5 Å². The average molecular weight is 357 g/mol. The van der Waals surface area contributed by atoms with Gasteiger partial charge in [-0.25, -0.2) is 4.98 Å². The highest BCUT2D eigenvalue weighted by Gasteiger charge is 2.14. The number of fused-ring (bicyclic) bond motifs is 1. The summed E-state index contributed by atoms with van der Waals surface area (Å²) in [6.07, 6.45) is 3.07. The monoisotopic (exact) mass is 357 g/mol. The van der Waals surface area contributed by atoms with Crippen LogP contribution in [0.5, 0.6) is 5.88 Å². The Morgan fingerprint density at radius 1 is 1.11 bits per heavy atom. The van der Waals surface area contributed by atoms with E-state index in [2.05, 4.69) is 30.2 Å². The van der Waals surface area contributed by atoms with Gasteiger partial charge in [0.2, 0.25) is 11.8 Å². The number of benzene rings is 1. The van der Waals surface area contributed by atoms with Crippen LogP contribution >= 0.6 is 0 Å². The minimum atomic E-state index is -0.636. The van der Waals surface area contributed by atoms with E-state index >= 15 is 0 Å². The molecule has 9 heteroatoms. The van der Waals surface area contributed by atoms with Crippen molar-refractivity contribution in [2.24, 2.45) is 10.2 Å².